The minimum atomic E-state index is -0.0549. The molecule has 18 heavy (non-hydrogen) atoms. The molecule has 0 aromatic carbocycles. The van der Waals surface area contributed by atoms with E-state index in [2.05, 4.69) is 12.2 Å². The Labute approximate surface area is 111 Å². The summed E-state index contributed by atoms with van der Waals surface area (Å²) in [5.41, 5.74) is -0.0549. The highest BCUT2D eigenvalue weighted by Crippen LogP contribution is 2.37. The van der Waals surface area contributed by atoms with Crippen LogP contribution in [0.15, 0.2) is 0 Å². The summed E-state index contributed by atoms with van der Waals surface area (Å²) < 4.78 is 10.5. The molecule has 4 heteroatoms. The van der Waals surface area contributed by atoms with Gasteiger partial charge in [0, 0.05) is 19.3 Å². The lowest BCUT2D eigenvalue weighted by Crippen LogP contribution is -2.51. The summed E-state index contributed by atoms with van der Waals surface area (Å²) in [5, 5.41) is 13.3. The van der Waals surface area contributed by atoms with Crippen LogP contribution < -0.4 is 5.32 Å². The van der Waals surface area contributed by atoms with E-state index in [0.29, 0.717) is 19.1 Å². The van der Waals surface area contributed by atoms with Crippen molar-refractivity contribution in [2.75, 3.05) is 40.1 Å². The van der Waals surface area contributed by atoms with Crippen LogP contribution in [-0.4, -0.2) is 50.7 Å². The van der Waals surface area contributed by atoms with Gasteiger partial charge in [0.2, 0.25) is 0 Å². The summed E-state index contributed by atoms with van der Waals surface area (Å²) in [4.78, 5) is 0. The van der Waals surface area contributed by atoms with Gasteiger partial charge in [0.25, 0.3) is 0 Å². The van der Waals surface area contributed by atoms with E-state index in [1.54, 1.807) is 7.11 Å². The lowest BCUT2D eigenvalue weighted by Gasteiger charge is -2.35. The molecule has 0 spiro atoms. The van der Waals surface area contributed by atoms with Crippen molar-refractivity contribution >= 4 is 0 Å². The van der Waals surface area contributed by atoms with Crippen molar-refractivity contribution in [2.24, 2.45) is 5.92 Å². The summed E-state index contributed by atoms with van der Waals surface area (Å²) in [6.45, 7) is 5.48. The van der Waals surface area contributed by atoms with Gasteiger partial charge in [0.1, 0.15) is 0 Å². The molecule has 1 fully saturated rings. The molecule has 1 aliphatic rings. The van der Waals surface area contributed by atoms with Crippen LogP contribution in [-0.2, 0) is 9.47 Å². The number of hydrogen-bond acceptors (Lipinski definition) is 4. The highest BCUT2D eigenvalue weighted by Gasteiger charge is 2.41. The zero-order valence-corrected chi connectivity index (χ0v) is 11.9. The standard InChI is InChI=1S/C14H29NO3/c1-3-8-15-14(12-16)7-4-5-13(14)6-9-18-11-10-17-2/h13,15-16H,3-12H2,1-2H3. The fourth-order valence-corrected chi connectivity index (χ4v) is 2.91. The van der Waals surface area contributed by atoms with E-state index in [0.717, 1.165) is 32.4 Å². The van der Waals surface area contributed by atoms with Crippen LogP contribution >= 0.6 is 0 Å². The second-order valence-corrected chi connectivity index (χ2v) is 5.22. The van der Waals surface area contributed by atoms with Crippen molar-refractivity contribution < 1.29 is 14.6 Å². The molecule has 0 radical (unpaired) electrons. The largest absolute Gasteiger partial charge is 0.394 e. The van der Waals surface area contributed by atoms with Gasteiger partial charge in [-0.05, 0) is 38.1 Å². The number of nitrogens with one attached hydrogen (secondary N) is 1. The molecule has 2 atom stereocenters. The van der Waals surface area contributed by atoms with Crippen LogP contribution in [0.25, 0.3) is 0 Å². The van der Waals surface area contributed by atoms with Gasteiger partial charge in [-0.15, -0.1) is 0 Å². The molecule has 1 rings (SSSR count). The first-order valence-electron chi connectivity index (χ1n) is 7.21. The Balaban J connectivity index is 2.32. The summed E-state index contributed by atoms with van der Waals surface area (Å²) in [6, 6.07) is 0. The van der Waals surface area contributed by atoms with Gasteiger partial charge in [0.05, 0.1) is 19.8 Å². The topological polar surface area (TPSA) is 50.7 Å². The smallest absolute Gasteiger partial charge is 0.0700 e. The zero-order valence-electron chi connectivity index (χ0n) is 11.9. The molecule has 0 aromatic heterocycles. The highest BCUT2D eigenvalue weighted by atomic mass is 16.5. The fraction of sp³-hybridized carbons (Fsp3) is 1.00. The number of hydrogen-bond donors (Lipinski definition) is 2. The first-order chi connectivity index (χ1) is 8.79. The molecule has 0 amide bonds. The first kappa shape index (κ1) is 15.9. The molecule has 1 saturated carbocycles. The van der Waals surface area contributed by atoms with E-state index in [1.807, 2.05) is 0 Å². The minimum absolute atomic E-state index is 0.0549. The Morgan fingerprint density at radius 3 is 2.83 bits per heavy atom. The van der Waals surface area contributed by atoms with Crippen molar-refractivity contribution in [2.45, 2.75) is 44.6 Å². The molecule has 0 heterocycles. The molecule has 0 bridgehead atoms. The van der Waals surface area contributed by atoms with Crippen molar-refractivity contribution in [1.82, 2.24) is 5.32 Å². The molecule has 1 aliphatic carbocycles. The Morgan fingerprint density at radius 2 is 2.17 bits per heavy atom. The average Bonchev–Trinajstić information content (AvgIpc) is 2.80. The molecule has 2 unspecified atom stereocenters. The molecule has 0 saturated heterocycles. The lowest BCUT2D eigenvalue weighted by molar-refractivity contribution is 0.0494. The molecular weight excluding hydrogens is 230 g/mol. The predicted molar refractivity (Wildman–Crippen MR) is 72.8 cm³/mol. The Bertz CT molecular complexity index is 213. The second-order valence-electron chi connectivity index (χ2n) is 5.22. The number of rotatable bonds is 10. The lowest BCUT2D eigenvalue weighted by atomic mass is 9.85. The van der Waals surface area contributed by atoms with Gasteiger partial charge in [-0.1, -0.05) is 13.3 Å². The Kier molecular flexibility index (Phi) is 7.82. The molecule has 4 nitrogen and oxygen atoms in total. The monoisotopic (exact) mass is 259 g/mol. The molecule has 0 aliphatic heterocycles. The van der Waals surface area contributed by atoms with E-state index in [4.69, 9.17) is 9.47 Å². The zero-order chi connectivity index (χ0) is 13.3. The van der Waals surface area contributed by atoms with Gasteiger partial charge < -0.3 is 19.9 Å². The number of ether oxygens (including phenoxy) is 2. The van der Waals surface area contributed by atoms with Crippen LogP contribution in [0.2, 0.25) is 0 Å². The molecular formula is C14H29NO3. The fourth-order valence-electron chi connectivity index (χ4n) is 2.91. The van der Waals surface area contributed by atoms with E-state index in [9.17, 15) is 5.11 Å². The number of aliphatic hydroxyl groups excluding tert-OH is 1. The van der Waals surface area contributed by atoms with Crippen molar-refractivity contribution in [3.63, 3.8) is 0 Å². The maximum Gasteiger partial charge on any atom is 0.0700 e. The molecule has 108 valence electrons. The van der Waals surface area contributed by atoms with Crippen LogP contribution in [0.4, 0.5) is 0 Å². The molecule has 2 N–H and O–H groups in total. The van der Waals surface area contributed by atoms with Gasteiger partial charge in [-0.3, -0.25) is 0 Å². The molecule has 0 aromatic rings. The summed E-state index contributed by atoms with van der Waals surface area (Å²) in [5.74, 6) is 0.539. The third kappa shape index (κ3) is 4.50. The van der Waals surface area contributed by atoms with Crippen molar-refractivity contribution in [3.05, 3.63) is 0 Å². The third-order valence-corrected chi connectivity index (χ3v) is 4.01. The quantitative estimate of drug-likeness (QED) is 0.585. The second kappa shape index (κ2) is 8.86. The van der Waals surface area contributed by atoms with E-state index < -0.39 is 0 Å². The van der Waals surface area contributed by atoms with Crippen LogP contribution in [0, 0.1) is 5.92 Å². The van der Waals surface area contributed by atoms with Gasteiger partial charge >= 0.3 is 0 Å². The van der Waals surface area contributed by atoms with Crippen molar-refractivity contribution in [1.29, 1.82) is 0 Å². The van der Waals surface area contributed by atoms with E-state index >= 15 is 0 Å². The predicted octanol–water partition coefficient (Wildman–Crippen LogP) is 1.57. The summed E-state index contributed by atoms with van der Waals surface area (Å²) in [7, 11) is 1.69. The number of methoxy groups -OCH3 is 1. The van der Waals surface area contributed by atoms with Crippen molar-refractivity contribution in [3.8, 4) is 0 Å². The first-order valence-corrected chi connectivity index (χ1v) is 7.21. The van der Waals surface area contributed by atoms with Gasteiger partial charge in [0.15, 0.2) is 0 Å². The van der Waals surface area contributed by atoms with E-state index in [-0.39, 0.29) is 12.1 Å². The average molecular weight is 259 g/mol. The Hall–Kier alpha value is -0.160. The maximum atomic E-state index is 9.73. The normalized spacial score (nSPS) is 27.8. The van der Waals surface area contributed by atoms with Crippen LogP contribution in [0.1, 0.15) is 39.0 Å². The minimum Gasteiger partial charge on any atom is -0.394 e. The SMILES string of the molecule is CCCNC1(CO)CCCC1CCOCCOC. The Morgan fingerprint density at radius 1 is 1.33 bits per heavy atom. The highest BCUT2D eigenvalue weighted by molar-refractivity contribution is 4.98. The maximum absolute atomic E-state index is 9.73. The summed E-state index contributed by atoms with van der Waals surface area (Å²) in [6.07, 6.45) is 5.64. The van der Waals surface area contributed by atoms with E-state index in [1.165, 1.54) is 12.8 Å². The van der Waals surface area contributed by atoms with Gasteiger partial charge in [-0.2, -0.15) is 0 Å². The van der Waals surface area contributed by atoms with Crippen LogP contribution in [0.3, 0.4) is 0 Å². The van der Waals surface area contributed by atoms with Crippen LogP contribution in [0.5, 0.6) is 0 Å². The van der Waals surface area contributed by atoms with Gasteiger partial charge in [-0.25, -0.2) is 0 Å². The summed E-state index contributed by atoms with van der Waals surface area (Å²) >= 11 is 0. The third-order valence-electron chi connectivity index (χ3n) is 4.01. The number of aliphatic hydroxyl groups is 1.